The highest BCUT2D eigenvalue weighted by Gasteiger charge is 2.50. The summed E-state index contributed by atoms with van der Waals surface area (Å²) >= 11 is 0. The summed E-state index contributed by atoms with van der Waals surface area (Å²) < 4.78 is 5.30. The van der Waals surface area contributed by atoms with Gasteiger partial charge in [-0.25, -0.2) is 9.59 Å². The van der Waals surface area contributed by atoms with E-state index in [2.05, 4.69) is 9.97 Å². The first kappa shape index (κ1) is 16.3. The molecule has 1 heterocycles. The summed E-state index contributed by atoms with van der Waals surface area (Å²) in [5.41, 5.74) is -2.26. The van der Waals surface area contributed by atoms with Crippen LogP contribution in [0, 0.1) is 17.8 Å². The van der Waals surface area contributed by atoms with E-state index < -0.39 is 23.0 Å². The highest BCUT2D eigenvalue weighted by atomic mass is 16.7. The predicted octanol–water partition coefficient (Wildman–Crippen LogP) is 2.05. The molecule has 22 heavy (non-hydrogen) atoms. The first-order valence-electron chi connectivity index (χ1n) is 7.50. The minimum Gasteiger partial charge on any atom is -0.450 e. The quantitative estimate of drug-likeness (QED) is 0.740. The minimum absolute atomic E-state index is 0.119. The van der Waals surface area contributed by atoms with Crippen molar-refractivity contribution in [1.29, 1.82) is 0 Å². The molecule has 3 unspecified atom stereocenters. The van der Waals surface area contributed by atoms with Gasteiger partial charge in [-0.3, -0.25) is 9.78 Å². The molecule has 0 amide bonds. The summed E-state index contributed by atoms with van der Waals surface area (Å²) in [4.78, 5) is 39.4. The molecule has 0 spiro atoms. The summed E-state index contributed by atoms with van der Waals surface area (Å²) in [6.45, 7) is 5.98. The normalized spacial score (nSPS) is 28.5. The van der Waals surface area contributed by atoms with Crippen molar-refractivity contribution in [1.82, 2.24) is 9.97 Å². The van der Waals surface area contributed by atoms with Crippen LogP contribution in [-0.2, 0) is 10.3 Å². The molecule has 0 bridgehead atoms. The number of hydrogen-bond donors (Lipinski definition) is 3. The number of H-pyrrole nitrogens is 2. The molecule has 122 valence electrons. The molecule has 1 aromatic rings. The standard InChI is InChI=1S/C15H22N2O5/c1-8(2)10-5-4-9(3)6-15(10,22-14(20)21)11-7-16-13(19)17-12(11)18/h7-10H,4-6H2,1-3H3,(H,20,21)(H2,16,17,18,19). The third-order valence-electron chi connectivity index (χ3n) is 4.57. The van der Waals surface area contributed by atoms with Crippen LogP contribution < -0.4 is 11.2 Å². The van der Waals surface area contributed by atoms with E-state index in [1.165, 1.54) is 6.20 Å². The van der Waals surface area contributed by atoms with Crippen LogP contribution in [0.15, 0.2) is 15.8 Å². The van der Waals surface area contributed by atoms with Crippen molar-refractivity contribution in [3.63, 3.8) is 0 Å². The van der Waals surface area contributed by atoms with Crippen molar-refractivity contribution in [3.05, 3.63) is 32.6 Å². The second-order valence-corrected chi connectivity index (χ2v) is 6.48. The van der Waals surface area contributed by atoms with E-state index in [1.54, 1.807) is 0 Å². The molecule has 1 saturated carbocycles. The largest absolute Gasteiger partial charge is 0.506 e. The summed E-state index contributed by atoms with van der Waals surface area (Å²) in [6, 6.07) is 0. The number of carbonyl (C=O) groups is 1. The molecule has 1 aliphatic rings. The Morgan fingerprint density at radius 2 is 2.09 bits per heavy atom. The van der Waals surface area contributed by atoms with Crippen LogP contribution in [0.4, 0.5) is 4.79 Å². The van der Waals surface area contributed by atoms with E-state index in [0.717, 1.165) is 12.8 Å². The lowest BCUT2D eigenvalue weighted by Crippen LogP contribution is -2.50. The molecule has 2 rings (SSSR count). The van der Waals surface area contributed by atoms with Crippen LogP contribution in [0.5, 0.6) is 0 Å². The molecular weight excluding hydrogens is 288 g/mol. The van der Waals surface area contributed by atoms with Gasteiger partial charge in [0, 0.05) is 12.1 Å². The van der Waals surface area contributed by atoms with Gasteiger partial charge >= 0.3 is 11.8 Å². The van der Waals surface area contributed by atoms with Gasteiger partial charge < -0.3 is 14.8 Å². The van der Waals surface area contributed by atoms with E-state index in [4.69, 9.17) is 4.74 Å². The van der Waals surface area contributed by atoms with Crippen molar-refractivity contribution in [2.45, 2.75) is 45.6 Å². The maximum Gasteiger partial charge on any atom is 0.506 e. The summed E-state index contributed by atoms with van der Waals surface area (Å²) in [5, 5.41) is 9.22. The summed E-state index contributed by atoms with van der Waals surface area (Å²) in [5.74, 6) is 0.241. The minimum atomic E-state index is -1.41. The zero-order chi connectivity index (χ0) is 16.5. The molecule has 0 aliphatic heterocycles. The lowest BCUT2D eigenvalue weighted by atomic mass is 9.64. The van der Waals surface area contributed by atoms with E-state index in [0.29, 0.717) is 6.42 Å². The average molecular weight is 310 g/mol. The van der Waals surface area contributed by atoms with E-state index in [1.807, 2.05) is 20.8 Å². The van der Waals surface area contributed by atoms with Crippen molar-refractivity contribution in [2.24, 2.45) is 17.8 Å². The van der Waals surface area contributed by atoms with Gasteiger partial charge in [-0.05, 0) is 24.7 Å². The Balaban J connectivity index is 2.65. The molecule has 3 N–H and O–H groups in total. The number of aromatic amines is 2. The lowest BCUT2D eigenvalue weighted by molar-refractivity contribution is -0.110. The maximum atomic E-state index is 12.3. The van der Waals surface area contributed by atoms with Crippen molar-refractivity contribution in [2.75, 3.05) is 0 Å². The van der Waals surface area contributed by atoms with Crippen molar-refractivity contribution >= 4 is 6.16 Å². The first-order chi connectivity index (χ1) is 10.3. The number of aromatic nitrogens is 2. The molecule has 7 heteroatoms. The van der Waals surface area contributed by atoms with Crippen LogP contribution in [0.2, 0.25) is 0 Å². The smallest absolute Gasteiger partial charge is 0.450 e. The molecule has 0 saturated heterocycles. The fourth-order valence-corrected chi connectivity index (χ4v) is 3.70. The third kappa shape index (κ3) is 2.93. The van der Waals surface area contributed by atoms with Crippen LogP contribution >= 0.6 is 0 Å². The van der Waals surface area contributed by atoms with Gasteiger partial charge in [0.25, 0.3) is 5.56 Å². The van der Waals surface area contributed by atoms with Gasteiger partial charge in [0.15, 0.2) is 5.60 Å². The SMILES string of the molecule is CC1CCC(C(C)C)C(OC(=O)O)(c2c[nH]c(=O)[nH]c2=O)C1. The zero-order valence-electron chi connectivity index (χ0n) is 13.0. The molecule has 1 aromatic heterocycles. The van der Waals surface area contributed by atoms with Crippen LogP contribution in [0.3, 0.4) is 0 Å². The second kappa shape index (κ2) is 5.98. The molecule has 0 radical (unpaired) electrons. The van der Waals surface area contributed by atoms with E-state index in [9.17, 15) is 19.5 Å². The van der Waals surface area contributed by atoms with Gasteiger partial charge in [0.05, 0.1) is 5.56 Å². The van der Waals surface area contributed by atoms with Crippen LogP contribution in [0.25, 0.3) is 0 Å². The molecule has 1 aliphatic carbocycles. The van der Waals surface area contributed by atoms with Gasteiger partial charge in [0.2, 0.25) is 0 Å². The van der Waals surface area contributed by atoms with E-state index >= 15 is 0 Å². The van der Waals surface area contributed by atoms with Gasteiger partial charge in [0.1, 0.15) is 0 Å². The summed E-state index contributed by atoms with van der Waals surface area (Å²) in [6.07, 6.45) is 2.03. The third-order valence-corrected chi connectivity index (χ3v) is 4.57. The Hall–Kier alpha value is -2.05. The summed E-state index contributed by atoms with van der Waals surface area (Å²) in [7, 11) is 0. The van der Waals surface area contributed by atoms with Crippen molar-refractivity contribution in [3.8, 4) is 0 Å². The monoisotopic (exact) mass is 310 g/mol. The number of rotatable bonds is 3. The first-order valence-corrected chi connectivity index (χ1v) is 7.50. The average Bonchev–Trinajstić information content (AvgIpc) is 2.36. The Morgan fingerprint density at radius 3 is 2.64 bits per heavy atom. The Labute approximate surface area is 127 Å². The van der Waals surface area contributed by atoms with Gasteiger partial charge in [-0.2, -0.15) is 0 Å². The number of ether oxygens (including phenoxy) is 1. The maximum absolute atomic E-state index is 12.3. The number of carboxylic acid groups (broad SMARTS) is 1. The zero-order valence-corrected chi connectivity index (χ0v) is 13.0. The Morgan fingerprint density at radius 1 is 1.41 bits per heavy atom. The van der Waals surface area contributed by atoms with Gasteiger partial charge in [-0.1, -0.05) is 27.2 Å². The number of nitrogens with one attached hydrogen (secondary N) is 2. The molecular formula is C15H22N2O5. The predicted molar refractivity (Wildman–Crippen MR) is 79.8 cm³/mol. The van der Waals surface area contributed by atoms with Crippen molar-refractivity contribution < 1.29 is 14.6 Å². The fourth-order valence-electron chi connectivity index (χ4n) is 3.70. The topological polar surface area (TPSA) is 112 Å². The highest BCUT2D eigenvalue weighted by Crippen LogP contribution is 2.48. The highest BCUT2D eigenvalue weighted by molar-refractivity contribution is 5.58. The van der Waals surface area contributed by atoms with Crippen LogP contribution in [0.1, 0.15) is 45.6 Å². The Bertz CT molecular complexity index is 662. The lowest BCUT2D eigenvalue weighted by Gasteiger charge is -2.46. The molecule has 3 atom stereocenters. The second-order valence-electron chi connectivity index (χ2n) is 6.48. The van der Waals surface area contributed by atoms with Crippen LogP contribution in [-0.4, -0.2) is 21.2 Å². The molecule has 1 fully saturated rings. The Kier molecular flexibility index (Phi) is 4.44. The molecule has 7 nitrogen and oxygen atoms in total. The fraction of sp³-hybridized carbons (Fsp3) is 0.667. The van der Waals surface area contributed by atoms with Gasteiger partial charge in [-0.15, -0.1) is 0 Å². The van der Waals surface area contributed by atoms with E-state index in [-0.39, 0.29) is 23.3 Å². The number of hydrogen-bond acceptors (Lipinski definition) is 4. The molecule has 0 aromatic carbocycles.